The molecule has 0 aliphatic carbocycles. The maximum absolute atomic E-state index is 9.06. The molecule has 1 rings (SSSR count). The van der Waals surface area contributed by atoms with Crippen molar-refractivity contribution in [3.8, 4) is 0 Å². The fraction of sp³-hybridized carbons (Fsp3) is 0.615. The third-order valence-electron chi connectivity index (χ3n) is 2.96. The Kier molecular flexibility index (Phi) is 5.55. The van der Waals surface area contributed by atoms with Gasteiger partial charge in [0.25, 0.3) is 0 Å². The smallest absolute Gasteiger partial charge is 0.0608 e. The summed E-state index contributed by atoms with van der Waals surface area (Å²) in [4.78, 5) is 6.23. The van der Waals surface area contributed by atoms with Crippen LogP contribution in [0.2, 0.25) is 0 Å². The number of likely N-dealkylation sites (N-methyl/N-ethyl adjacent to an activating group) is 1. The van der Waals surface area contributed by atoms with Gasteiger partial charge in [0.1, 0.15) is 0 Å². The van der Waals surface area contributed by atoms with Gasteiger partial charge in [-0.25, -0.2) is 0 Å². The molecular formula is C13H23N3O. The number of nitrogens with zero attached hydrogens (tertiary/aromatic N) is 2. The monoisotopic (exact) mass is 237 g/mol. The fourth-order valence-electron chi connectivity index (χ4n) is 1.51. The molecule has 17 heavy (non-hydrogen) atoms. The van der Waals surface area contributed by atoms with E-state index in [0.717, 1.165) is 25.9 Å². The van der Waals surface area contributed by atoms with Gasteiger partial charge in [-0.3, -0.25) is 4.98 Å². The Morgan fingerprint density at radius 2 is 2.00 bits per heavy atom. The van der Waals surface area contributed by atoms with Crippen LogP contribution < -0.4 is 5.73 Å². The number of nitrogens with two attached hydrogens (primary N) is 1. The van der Waals surface area contributed by atoms with E-state index in [9.17, 15) is 0 Å². The van der Waals surface area contributed by atoms with Gasteiger partial charge in [-0.2, -0.15) is 0 Å². The maximum Gasteiger partial charge on any atom is 0.0608 e. The summed E-state index contributed by atoms with van der Waals surface area (Å²) in [7, 11) is 2.08. The van der Waals surface area contributed by atoms with E-state index < -0.39 is 5.54 Å². The lowest BCUT2D eigenvalue weighted by Crippen LogP contribution is -2.43. The van der Waals surface area contributed by atoms with Gasteiger partial charge in [0, 0.05) is 24.5 Å². The maximum atomic E-state index is 9.06. The van der Waals surface area contributed by atoms with Crippen LogP contribution >= 0.6 is 0 Å². The highest BCUT2D eigenvalue weighted by Gasteiger charge is 2.17. The van der Waals surface area contributed by atoms with Crippen molar-refractivity contribution in [2.24, 2.45) is 5.73 Å². The molecule has 0 aliphatic rings. The highest BCUT2D eigenvalue weighted by molar-refractivity contribution is 5.09. The molecule has 0 aromatic carbocycles. The van der Waals surface area contributed by atoms with Crippen molar-refractivity contribution in [2.75, 3.05) is 26.7 Å². The van der Waals surface area contributed by atoms with Gasteiger partial charge in [-0.05, 0) is 51.1 Å². The lowest BCUT2D eigenvalue weighted by molar-refractivity contribution is 0.183. The molecule has 1 atom stereocenters. The Labute approximate surface area is 103 Å². The summed E-state index contributed by atoms with van der Waals surface area (Å²) < 4.78 is 0. The Bertz CT molecular complexity index is 314. The van der Waals surface area contributed by atoms with Crippen molar-refractivity contribution >= 4 is 0 Å². The first-order valence-corrected chi connectivity index (χ1v) is 6.01. The second-order valence-corrected chi connectivity index (χ2v) is 4.97. The minimum Gasteiger partial charge on any atom is -0.394 e. The number of hydrogen-bond donors (Lipinski definition) is 2. The Balaban J connectivity index is 2.24. The largest absolute Gasteiger partial charge is 0.394 e. The quantitative estimate of drug-likeness (QED) is 0.731. The van der Waals surface area contributed by atoms with Crippen LogP contribution in [0.3, 0.4) is 0 Å². The van der Waals surface area contributed by atoms with Crippen LogP contribution in [0.1, 0.15) is 18.9 Å². The van der Waals surface area contributed by atoms with Gasteiger partial charge >= 0.3 is 0 Å². The molecule has 0 radical (unpaired) electrons. The van der Waals surface area contributed by atoms with E-state index in [1.807, 2.05) is 31.5 Å². The van der Waals surface area contributed by atoms with Crippen LogP contribution in [0, 0.1) is 0 Å². The predicted molar refractivity (Wildman–Crippen MR) is 69.7 cm³/mol. The van der Waals surface area contributed by atoms with Gasteiger partial charge in [-0.1, -0.05) is 0 Å². The van der Waals surface area contributed by atoms with Crippen molar-refractivity contribution in [1.29, 1.82) is 0 Å². The summed E-state index contributed by atoms with van der Waals surface area (Å²) in [5.41, 5.74) is 6.72. The second-order valence-electron chi connectivity index (χ2n) is 4.97. The molecule has 96 valence electrons. The first-order valence-electron chi connectivity index (χ1n) is 6.01. The Morgan fingerprint density at radius 1 is 1.35 bits per heavy atom. The molecule has 1 aromatic heterocycles. The zero-order valence-electron chi connectivity index (χ0n) is 10.8. The van der Waals surface area contributed by atoms with E-state index in [1.165, 1.54) is 5.56 Å². The van der Waals surface area contributed by atoms with Crippen LogP contribution in [0.5, 0.6) is 0 Å². The van der Waals surface area contributed by atoms with Crippen molar-refractivity contribution < 1.29 is 5.11 Å². The molecule has 3 N–H and O–H groups in total. The average Bonchev–Trinajstić information content (AvgIpc) is 2.35. The Morgan fingerprint density at radius 3 is 2.59 bits per heavy atom. The summed E-state index contributed by atoms with van der Waals surface area (Å²) in [6, 6.07) is 4.07. The fourth-order valence-corrected chi connectivity index (χ4v) is 1.51. The number of hydrogen-bond acceptors (Lipinski definition) is 4. The van der Waals surface area contributed by atoms with Crippen LogP contribution in [0.4, 0.5) is 0 Å². The van der Waals surface area contributed by atoms with Gasteiger partial charge in [0.2, 0.25) is 0 Å². The third kappa shape index (κ3) is 5.77. The van der Waals surface area contributed by atoms with E-state index in [-0.39, 0.29) is 6.61 Å². The number of aromatic nitrogens is 1. The molecule has 0 saturated carbocycles. The first kappa shape index (κ1) is 14.1. The van der Waals surface area contributed by atoms with E-state index >= 15 is 0 Å². The van der Waals surface area contributed by atoms with Crippen molar-refractivity contribution in [3.63, 3.8) is 0 Å². The molecule has 1 heterocycles. The number of aliphatic hydroxyl groups is 1. The standard InChI is InChI=1S/C13H23N3O/c1-13(14,11-17)6-10-16(2)9-5-12-3-7-15-8-4-12/h3-4,7-8,17H,5-6,9-11,14H2,1-2H3. The Hall–Kier alpha value is -0.970. The highest BCUT2D eigenvalue weighted by Crippen LogP contribution is 2.06. The molecule has 0 aliphatic heterocycles. The predicted octanol–water partition coefficient (Wildman–Crippen LogP) is 0.656. The molecular weight excluding hydrogens is 214 g/mol. The van der Waals surface area contributed by atoms with E-state index in [0.29, 0.717) is 0 Å². The molecule has 0 saturated heterocycles. The normalized spacial score (nSPS) is 14.9. The van der Waals surface area contributed by atoms with E-state index in [4.69, 9.17) is 10.8 Å². The second kappa shape index (κ2) is 6.69. The summed E-state index contributed by atoms with van der Waals surface area (Å²) in [5.74, 6) is 0. The number of pyridine rings is 1. The van der Waals surface area contributed by atoms with Gasteiger partial charge in [0.05, 0.1) is 6.61 Å². The summed E-state index contributed by atoms with van der Waals surface area (Å²) in [5, 5.41) is 9.06. The number of rotatable bonds is 7. The van der Waals surface area contributed by atoms with Gasteiger partial charge in [0.15, 0.2) is 0 Å². The molecule has 1 unspecified atom stereocenters. The lowest BCUT2D eigenvalue weighted by atomic mass is 10.0. The van der Waals surface area contributed by atoms with Gasteiger partial charge in [-0.15, -0.1) is 0 Å². The topological polar surface area (TPSA) is 62.4 Å². The summed E-state index contributed by atoms with van der Waals surface area (Å²) >= 11 is 0. The number of aliphatic hydroxyl groups excluding tert-OH is 1. The SMILES string of the molecule is CN(CCc1ccncc1)CCC(C)(N)CO. The third-order valence-corrected chi connectivity index (χ3v) is 2.96. The zero-order chi connectivity index (χ0) is 12.7. The van der Waals surface area contributed by atoms with Crippen molar-refractivity contribution in [3.05, 3.63) is 30.1 Å². The summed E-state index contributed by atoms with van der Waals surface area (Å²) in [6.45, 7) is 3.80. The van der Waals surface area contributed by atoms with Crippen LogP contribution in [0.15, 0.2) is 24.5 Å². The van der Waals surface area contributed by atoms with E-state index in [2.05, 4.69) is 16.9 Å². The van der Waals surface area contributed by atoms with Crippen LogP contribution in [-0.4, -0.2) is 47.3 Å². The first-order chi connectivity index (χ1) is 8.03. The van der Waals surface area contributed by atoms with Crippen LogP contribution in [0.25, 0.3) is 0 Å². The van der Waals surface area contributed by atoms with Crippen molar-refractivity contribution in [2.45, 2.75) is 25.3 Å². The summed E-state index contributed by atoms with van der Waals surface area (Å²) in [6.07, 6.45) is 5.45. The molecule has 1 aromatic rings. The molecule has 0 spiro atoms. The molecule has 4 heteroatoms. The van der Waals surface area contributed by atoms with Gasteiger partial charge < -0.3 is 15.7 Å². The van der Waals surface area contributed by atoms with Crippen LogP contribution in [-0.2, 0) is 6.42 Å². The molecule has 0 fully saturated rings. The highest BCUT2D eigenvalue weighted by atomic mass is 16.3. The van der Waals surface area contributed by atoms with Crippen molar-refractivity contribution in [1.82, 2.24) is 9.88 Å². The average molecular weight is 237 g/mol. The minimum atomic E-state index is -0.467. The lowest BCUT2D eigenvalue weighted by Gasteiger charge is -2.25. The minimum absolute atomic E-state index is 0.0329. The molecule has 0 bridgehead atoms. The molecule has 4 nitrogen and oxygen atoms in total. The van der Waals surface area contributed by atoms with E-state index in [1.54, 1.807) is 0 Å². The molecule has 0 amide bonds. The zero-order valence-corrected chi connectivity index (χ0v) is 10.8.